The minimum atomic E-state index is -0.529. The van der Waals surface area contributed by atoms with Crippen molar-refractivity contribution < 1.29 is 13.6 Å². The van der Waals surface area contributed by atoms with Crippen LogP contribution in [0.4, 0.5) is 14.5 Å². The smallest absolute Gasteiger partial charge is 0.242 e. The van der Waals surface area contributed by atoms with Gasteiger partial charge in [0.05, 0.1) is 22.9 Å². The predicted molar refractivity (Wildman–Crippen MR) is 104 cm³/mol. The number of nitrogens with zero attached hydrogens (tertiary/aromatic N) is 1. The number of carbonyl (C=O) groups excluding carboxylic acids is 1. The van der Waals surface area contributed by atoms with Gasteiger partial charge in [-0.25, -0.2) is 8.78 Å². The number of benzene rings is 2. The van der Waals surface area contributed by atoms with Crippen molar-refractivity contribution in [3.63, 3.8) is 0 Å². The molecule has 0 radical (unpaired) electrons. The lowest BCUT2D eigenvalue weighted by Crippen LogP contribution is -2.37. The summed E-state index contributed by atoms with van der Waals surface area (Å²) in [7, 11) is 0. The van der Waals surface area contributed by atoms with E-state index in [-0.39, 0.29) is 23.5 Å². The summed E-state index contributed by atoms with van der Waals surface area (Å²) in [5.41, 5.74) is 2.05. The minimum Gasteiger partial charge on any atom is -0.322 e. The lowest BCUT2D eigenvalue weighted by molar-refractivity contribution is -0.117. The summed E-state index contributed by atoms with van der Waals surface area (Å²) >= 11 is 1.62. The standard InChI is InChI=1S/C19H16F2N4OS/c20-12-4-1-11(2-5-12)3-6-15-13-7-17(14(21)8-16(13)25-24-15)23-19(26)18-9-27-10-22-18/h1-8,18,22H,9-10H2,(H,23,26)(H,24,25)/b6-3+/t18-/m0/s1. The third kappa shape index (κ3) is 3.86. The molecule has 2 heterocycles. The van der Waals surface area contributed by atoms with Crippen LogP contribution in [0.3, 0.4) is 0 Å². The average molecular weight is 386 g/mol. The number of thioether (sulfide) groups is 1. The molecule has 0 aliphatic carbocycles. The van der Waals surface area contributed by atoms with Crippen molar-refractivity contribution in [3.05, 3.63) is 59.3 Å². The Bertz CT molecular complexity index is 1010. The molecule has 8 heteroatoms. The molecule has 1 atom stereocenters. The van der Waals surface area contributed by atoms with E-state index in [1.165, 1.54) is 18.2 Å². The van der Waals surface area contributed by atoms with Crippen LogP contribution in [-0.4, -0.2) is 33.8 Å². The second kappa shape index (κ2) is 7.50. The number of anilines is 1. The van der Waals surface area contributed by atoms with E-state index in [0.29, 0.717) is 28.2 Å². The Labute approximate surface area is 158 Å². The highest BCUT2D eigenvalue weighted by atomic mass is 32.2. The molecule has 1 fully saturated rings. The molecule has 1 aliphatic heterocycles. The van der Waals surface area contributed by atoms with Gasteiger partial charge in [0.15, 0.2) is 0 Å². The number of carbonyl (C=O) groups is 1. The zero-order valence-corrected chi connectivity index (χ0v) is 14.9. The maximum atomic E-state index is 14.3. The van der Waals surface area contributed by atoms with Crippen molar-refractivity contribution in [1.82, 2.24) is 15.5 Å². The van der Waals surface area contributed by atoms with E-state index < -0.39 is 5.82 Å². The van der Waals surface area contributed by atoms with E-state index in [1.807, 2.05) is 0 Å². The third-order valence-electron chi connectivity index (χ3n) is 4.27. The van der Waals surface area contributed by atoms with Gasteiger partial charge in [0, 0.05) is 23.1 Å². The fourth-order valence-corrected chi connectivity index (χ4v) is 3.76. The molecule has 2 aromatic carbocycles. The molecule has 1 aliphatic rings. The Morgan fingerprint density at radius 2 is 2.04 bits per heavy atom. The highest BCUT2D eigenvalue weighted by Crippen LogP contribution is 2.26. The lowest BCUT2D eigenvalue weighted by Gasteiger charge is -2.11. The van der Waals surface area contributed by atoms with Gasteiger partial charge in [-0.1, -0.05) is 18.2 Å². The highest BCUT2D eigenvalue weighted by molar-refractivity contribution is 7.99. The Morgan fingerprint density at radius 3 is 2.78 bits per heavy atom. The fraction of sp³-hybridized carbons (Fsp3) is 0.158. The van der Waals surface area contributed by atoms with Gasteiger partial charge in [0.25, 0.3) is 0 Å². The molecule has 3 aromatic rings. The molecule has 27 heavy (non-hydrogen) atoms. The first-order valence-corrected chi connectivity index (χ1v) is 9.49. The van der Waals surface area contributed by atoms with Crippen LogP contribution in [0.15, 0.2) is 36.4 Å². The van der Waals surface area contributed by atoms with Crippen LogP contribution in [0, 0.1) is 11.6 Å². The van der Waals surface area contributed by atoms with Crippen LogP contribution >= 0.6 is 11.8 Å². The number of halogens is 2. The second-order valence-electron chi connectivity index (χ2n) is 6.13. The van der Waals surface area contributed by atoms with Crippen LogP contribution in [0.1, 0.15) is 11.3 Å². The van der Waals surface area contributed by atoms with Crippen molar-refractivity contribution in [3.8, 4) is 0 Å². The van der Waals surface area contributed by atoms with Gasteiger partial charge >= 0.3 is 0 Å². The highest BCUT2D eigenvalue weighted by Gasteiger charge is 2.23. The van der Waals surface area contributed by atoms with Gasteiger partial charge in [-0.3, -0.25) is 15.2 Å². The largest absolute Gasteiger partial charge is 0.322 e. The molecule has 1 saturated heterocycles. The van der Waals surface area contributed by atoms with Gasteiger partial charge in [0.1, 0.15) is 11.6 Å². The summed E-state index contributed by atoms with van der Waals surface area (Å²) in [5, 5.41) is 13.3. The molecule has 138 valence electrons. The van der Waals surface area contributed by atoms with Crippen LogP contribution in [0.2, 0.25) is 0 Å². The minimum absolute atomic E-state index is 0.115. The van der Waals surface area contributed by atoms with Gasteiger partial charge in [0.2, 0.25) is 5.91 Å². The number of hydrogen-bond acceptors (Lipinski definition) is 4. The molecule has 0 saturated carbocycles. The van der Waals surface area contributed by atoms with Gasteiger partial charge in [-0.15, -0.1) is 11.8 Å². The molecule has 3 N–H and O–H groups in total. The number of rotatable bonds is 4. The number of hydrogen-bond donors (Lipinski definition) is 3. The van der Waals surface area contributed by atoms with Crippen molar-refractivity contribution >= 4 is 46.4 Å². The number of amides is 1. The first-order chi connectivity index (χ1) is 13.1. The van der Waals surface area contributed by atoms with Crippen molar-refractivity contribution in [1.29, 1.82) is 0 Å². The second-order valence-corrected chi connectivity index (χ2v) is 7.16. The summed E-state index contributed by atoms with van der Waals surface area (Å²) in [6.07, 6.45) is 3.54. The summed E-state index contributed by atoms with van der Waals surface area (Å²) in [6, 6.07) is 8.61. The van der Waals surface area contributed by atoms with E-state index in [1.54, 1.807) is 42.1 Å². The summed E-state index contributed by atoms with van der Waals surface area (Å²) < 4.78 is 27.3. The molecular formula is C19H16F2N4OS. The topological polar surface area (TPSA) is 69.8 Å². The molecular weight excluding hydrogens is 370 g/mol. The molecule has 1 amide bonds. The van der Waals surface area contributed by atoms with E-state index in [2.05, 4.69) is 20.8 Å². The van der Waals surface area contributed by atoms with E-state index in [0.717, 1.165) is 5.56 Å². The first kappa shape index (κ1) is 17.7. The Hall–Kier alpha value is -2.71. The first-order valence-electron chi connectivity index (χ1n) is 8.33. The predicted octanol–water partition coefficient (Wildman–Crippen LogP) is 3.61. The summed E-state index contributed by atoms with van der Waals surface area (Å²) in [5.74, 6) is 0.278. The summed E-state index contributed by atoms with van der Waals surface area (Å²) in [4.78, 5) is 12.2. The zero-order chi connectivity index (χ0) is 18.8. The fourth-order valence-electron chi connectivity index (χ4n) is 2.81. The molecule has 1 aromatic heterocycles. The number of fused-ring (bicyclic) bond motifs is 1. The monoisotopic (exact) mass is 386 g/mol. The SMILES string of the molecule is O=C(Nc1cc2c(/C=C/c3ccc(F)cc3)n[nH]c2cc1F)[C@@H]1CSCN1. The van der Waals surface area contributed by atoms with Crippen molar-refractivity contribution in [2.45, 2.75) is 6.04 Å². The maximum absolute atomic E-state index is 14.3. The lowest BCUT2D eigenvalue weighted by atomic mass is 10.1. The van der Waals surface area contributed by atoms with Crippen molar-refractivity contribution in [2.75, 3.05) is 16.9 Å². The van der Waals surface area contributed by atoms with Gasteiger partial charge in [-0.2, -0.15) is 5.10 Å². The van der Waals surface area contributed by atoms with Crippen LogP contribution < -0.4 is 10.6 Å². The van der Waals surface area contributed by atoms with E-state index in [9.17, 15) is 13.6 Å². The Morgan fingerprint density at radius 1 is 1.22 bits per heavy atom. The normalized spacial score (nSPS) is 17.0. The average Bonchev–Trinajstić information content (AvgIpc) is 3.32. The van der Waals surface area contributed by atoms with E-state index in [4.69, 9.17) is 0 Å². The van der Waals surface area contributed by atoms with Crippen LogP contribution in [-0.2, 0) is 4.79 Å². The van der Waals surface area contributed by atoms with E-state index >= 15 is 0 Å². The maximum Gasteiger partial charge on any atom is 0.242 e. The molecule has 0 spiro atoms. The quantitative estimate of drug-likeness (QED) is 0.641. The number of nitrogens with one attached hydrogen (secondary N) is 3. The van der Waals surface area contributed by atoms with Gasteiger partial charge in [-0.05, 0) is 29.8 Å². The van der Waals surface area contributed by atoms with Gasteiger partial charge < -0.3 is 5.32 Å². The summed E-state index contributed by atoms with van der Waals surface area (Å²) in [6.45, 7) is 0. The van der Waals surface area contributed by atoms with Crippen LogP contribution in [0.5, 0.6) is 0 Å². The molecule has 0 bridgehead atoms. The molecule has 0 unspecified atom stereocenters. The van der Waals surface area contributed by atoms with Crippen molar-refractivity contribution in [2.24, 2.45) is 0 Å². The van der Waals surface area contributed by atoms with Crippen LogP contribution in [0.25, 0.3) is 23.1 Å². The molecule has 5 nitrogen and oxygen atoms in total. The number of aromatic nitrogens is 2. The number of H-pyrrole nitrogens is 1. The molecule has 4 rings (SSSR count). The Kier molecular flexibility index (Phi) is 4.91. The third-order valence-corrected chi connectivity index (χ3v) is 5.21. The zero-order valence-electron chi connectivity index (χ0n) is 14.1. The number of aromatic amines is 1. The Balaban J connectivity index is 1.61.